The number of carbonyl (C=O) groups is 1. The number of H-pyrrole nitrogens is 1. The second kappa shape index (κ2) is 5.79. The van der Waals surface area contributed by atoms with Crippen LogP contribution in [0.15, 0.2) is 28.7 Å². The third kappa shape index (κ3) is 3.75. The lowest BCUT2D eigenvalue weighted by molar-refractivity contribution is -0.111. The van der Waals surface area contributed by atoms with Gasteiger partial charge in [0.2, 0.25) is 5.95 Å². The van der Waals surface area contributed by atoms with E-state index in [1.807, 2.05) is 25.1 Å². The first-order valence-corrected chi connectivity index (χ1v) is 6.48. The van der Waals surface area contributed by atoms with Crippen molar-refractivity contribution in [2.75, 3.05) is 5.32 Å². The highest BCUT2D eigenvalue weighted by atomic mass is 79.9. The molecule has 0 saturated heterocycles. The maximum atomic E-state index is 11.7. The van der Waals surface area contributed by atoms with Crippen molar-refractivity contribution in [3.8, 4) is 0 Å². The molecule has 0 spiro atoms. The van der Waals surface area contributed by atoms with E-state index in [1.165, 1.54) is 6.08 Å². The summed E-state index contributed by atoms with van der Waals surface area (Å²) in [5, 5.41) is 9.05. The highest BCUT2D eigenvalue weighted by molar-refractivity contribution is 9.10. The van der Waals surface area contributed by atoms with Crippen LogP contribution in [0, 0.1) is 13.8 Å². The van der Waals surface area contributed by atoms with Crippen molar-refractivity contribution >= 4 is 33.9 Å². The highest BCUT2D eigenvalue weighted by Crippen LogP contribution is 2.19. The first-order valence-electron chi connectivity index (χ1n) is 5.69. The molecule has 2 rings (SSSR count). The van der Waals surface area contributed by atoms with Crippen molar-refractivity contribution in [1.29, 1.82) is 0 Å². The Morgan fingerprint density at radius 1 is 1.42 bits per heavy atom. The number of aromatic nitrogens is 3. The lowest BCUT2D eigenvalue weighted by Gasteiger charge is -2.00. The van der Waals surface area contributed by atoms with Gasteiger partial charge in [-0.2, -0.15) is 4.98 Å². The summed E-state index contributed by atoms with van der Waals surface area (Å²) in [6.45, 7) is 3.78. The zero-order chi connectivity index (χ0) is 13.8. The Labute approximate surface area is 119 Å². The molecule has 1 heterocycles. The summed E-state index contributed by atoms with van der Waals surface area (Å²) in [5.74, 6) is 0.655. The summed E-state index contributed by atoms with van der Waals surface area (Å²) in [6, 6.07) is 5.93. The fourth-order valence-corrected chi connectivity index (χ4v) is 2.11. The Kier molecular flexibility index (Phi) is 4.11. The van der Waals surface area contributed by atoms with E-state index in [0.29, 0.717) is 5.82 Å². The molecule has 0 aliphatic heterocycles. The van der Waals surface area contributed by atoms with Crippen LogP contribution >= 0.6 is 15.9 Å². The van der Waals surface area contributed by atoms with Gasteiger partial charge >= 0.3 is 0 Å². The molecular formula is C13H13BrN4O. The molecule has 0 fully saturated rings. The minimum absolute atomic E-state index is 0.272. The molecule has 2 N–H and O–H groups in total. The number of nitrogens with zero attached hydrogens (tertiary/aromatic N) is 2. The number of benzene rings is 1. The quantitative estimate of drug-likeness (QED) is 0.854. The topological polar surface area (TPSA) is 70.7 Å². The Balaban J connectivity index is 2.03. The van der Waals surface area contributed by atoms with Crippen LogP contribution in [-0.2, 0) is 4.79 Å². The third-order valence-electron chi connectivity index (χ3n) is 2.40. The number of aromatic amines is 1. The van der Waals surface area contributed by atoms with E-state index in [4.69, 9.17) is 0 Å². The molecule has 19 heavy (non-hydrogen) atoms. The molecule has 0 saturated carbocycles. The van der Waals surface area contributed by atoms with Gasteiger partial charge in [0.25, 0.3) is 5.91 Å². The Bertz CT molecular complexity index is 633. The van der Waals surface area contributed by atoms with Crippen molar-refractivity contribution in [2.24, 2.45) is 0 Å². The van der Waals surface area contributed by atoms with Crippen molar-refractivity contribution in [3.05, 3.63) is 45.7 Å². The fourth-order valence-electron chi connectivity index (χ4n) is 1.48. The van der Waals surface area contributed by atoms with E-state index >= 15 is 0 Å². The number of hydrogen-bond donors (Lipinski definition) is 2. The number of amides is 1. The van der Waals surface area contributed by atoms with E-state index in [0.717, 1.165) is 15.6 Å². The van der Waals surface area contributed by atoms with Gasteiger partial charge in [0, 0.05) is 10.5 Å². The van der Waals surface area contributed by atoms with Crippen LogP contribution < -0.4 is 5.32 Å². The monoisotopic (exact) mass is 320 g/mol. The van der Waals surface area contributed by atoms with Crippen LogP contribution in [0.4, 0.5) is 5.95 Å². The number of carbonyl (C=O) groups excluding carboxylic acids is 1. The Hall–Kier alpha value is -1.95. The van der Waals surface area contributed by atoms with E-state index in [2.05, 4.69) is 36.4 Å². The van der Waals surface area contributed by atoms with Crippen molar-refractivity contribution in [2.45, 2.75) is 13.8 Å². The first kappa shape index (κ1) is 13.5. The molecule has 2 aromatic rings. The predicted octanol–water partition coefficient (Wildman–Crippen LogP) is 2.84. The molecule has 0 unspecified atom stereocenters. The molecule has 5 nitrogen and oxygen atoms in total. The number of aryl methyl sites for hydroxylation is 2. The SMILES string of the molecule is Cc1ccc(/C=C/C(=O)Nc2n[nH]c(C)n2)c(Br)c1. The molecule has 0 aliphatic carbocycles. The summed E-state index contributed by atoms with van der Waals surface area (Å²) in [4.78, 5) is 15.7. The fraction of sp³-hybridized carbons (Fsp3) is 0.154. The van der Waals surface area contributed by atoms with Crippen molar-refractivity contribution in [1.82, 2.24) is 15.2 Å². The standard InChI is InChI=1S/C13H13BrN4O/c1-8-3-4-10(11(14)7-8)5-6-12(19)16-13-15-9(2)17-18-13/h3-7H,1-2H3,(H2,15,16,17,18,19)/b6-5+. The number of rotatable bonds is 3. The van der Waals surface area contributed by atoms with Gasteiger partial charge in [-0.1, -0.05) is 28.1 Å². The average Bonchev–Trinajstić information content (AvgIpc) is 2.73. The number of hydrogen-bond acceptors (Lipinski definition) is 3. The minimum atomic E-state index is -0.272. The van der Waals surface area contributed by atoms with Crippen LogP contribution in [0.2, 0.25) is 0 Å². The van der Waals surface area contributed by atoms with Gasteiger partial charge in [-0.05, 0) is 37.1 Å². The maximum Gasteiger partial charge on any atom is 0.250 e. The van der Waals surface area contributed by atoms with E-state index in [1.54, 1.807) is 13.0 Å². The third-order valence-corrected chi connectivity index (χ3v) is 3.09. The molecule has 6 heteroatoms. The van der Waals surface area contributed by atoms with Crippen LogP contribution in [0.3, 0.4) is 0 Å². The molecule has 0 aliphatic rings. The zero-order valence-electron chi connectivity index (χ0n) is 10.6. The predicted molar refractivity (Wildman–Crippen MR) is 77.7 cm³/mol. The van der Waals surface area contributed by atoms with Crippen LogP contribution in [0.25, 0.3) is 6.08 Å². The van der Waals surface area contributed by atoms with E-state index < -0.39 is 0 Å². The van der Waals surface area contributed by atoms with Gasteiger partial charge in [-0.15, -0.1) is 5.10 Å². The summed E-state index contributed by atoms with van der Waals surface area (Å²) < 4.78 is 0.949. The molecule has 1 aromatic heterocycles. The summed E-state index contributed by atoms with van der Waals surface area (Å²) in [6.07, 6.45) is 3.18. The average molecular weight is 321 g/mol. The number of nitrogens with one attached hydrogen (secondary N) is 2. The normalized spacial score (nSPS) is 10.9. The molecular weight excluding hydrogens is 308 g/mol. The van der Waals surface area contributed by atoms with Gasteiger partial charge in [0.15, 0.2) is 0 Å². The Morgan fingerprint density at radius 3 is 2.84 bits per heavy atom. The lowest BCUT2D eigenvalue weighted by Crippen LogP contribution is -2.09. The second-order valence-electron chi connectivity index (χ2n) is 4.09. The first-order chi connectivity index (χ1) is 9.04. The van der Waals surface area contributed by atoms with Gasteiger partial charge < -0.3 is 0 Å². The van der Waals surface area contributed by atoms with Gasteiger partial charge in [0.05, 0.1) is 0 Å². The van der Waals surface area contributed by atoms with E-state index in [-0.39, 0.29) is 11.9 Å². The van der Waals surface area contributed by atoms with Gasteiger partial charge in [0.1, 0.15) is 5.82 Å². The van der Waals surface area contributed by atoms with Crippen molar-refractivity contribution < 1.29 is 4.79 Å². The summed E-state index contributed by atoms with van der Waals surface area (Å²) >= 11 is 3.45. The Morgan fingerprint density at radius 2 is 2.21 bits per heavy atom. The van der Waals surface area contributed by atoms with Gasteiger partial charge in [-0.3, -0.25) is 15.2 Å². The largest absolute Gasteiger partial charge is 0.290 e. The molecule has 98 valence electrons. The smallest absolute Gasteiger partial charge is 0.250 e. The molecule has 0 bridgehead atoms. The van der Waals surface area contributed by atoms with Crippen molar-refractivity contribution in [3.63, 3.8) is 0 Å². The van der Waals surface area contributed by atoms with Gasteiger partial charge in [-0.25, -0.2) is 0 Å². The molecule has 0 radical (unpaired) electrons. The highest BCUT2D eigenvalue weighted by Gasteiger charge is 2.03. The number of halogens is 1. The van der Waals surface area contributed by atoms with Crippen LogP contribution in [0.5, 0.6) is 0 Å². The maximum absolute atomic E-state index is 11.7. The zero-order valence-corrected chi connectivity index (χ0v) is 12.2. The molecule has 1 amide bonds. The summed E-state index contributed by atoms with van der Waals surface area (Å²) in [7, 11) is 0. The second-order valence-corrected chi connectivity index (χ2v) is 4.95. The van der Waals surface area contributed by atoms with Crippen LogP contribution in [0.1, 0.15) is 17.0 Å². The lowest BCUT2D eigenvalue weighted by atomic mass is 10.1. The number of anilines is 1. The molecule has 1 aromatic carbocycles. The van der Waals surface area contributed by atoms with E-state index in [9.17, 15) is 4.79 Å². The summed E-state index contributed by atoms with van der Waals surface area (Å²) in [5.41, 5.74) is 2.09. The minimum Gasteiger partial charge on any atom is -0.290 e. The van der Waals surface area contributed by atoms with Crippen LogP contribution in [-0.4, -0.2) is 21.1 Å². The molecule has 0 atom stereocenters.